The Balaban J connectivity index is 1.78. The van der Waals surface area contributed by atoms with Gasteiger partial charge in [0, 0.05) is 11.0 Å². The number of carboxylic acid groups (broad SMARTS) is 1. The molecule has 0 radical (unpaired) electrons. The molecule has 5 N–H and O–H groups in total. The third kappa shape index (κ3) is 4.07. The van der Waals surface area contributed by atoms with E-state index in [1.165, 1.54) is 0 Å². The van der Waals surface area contributed by atoms with Crippen LogP contribution in [0, 0.1) is 0 Å². The lowest BCUT2D eigenvalue weighted by Gasteiger charge is -2.26. The van der Waals surface area contributed by atoms with E-state index in [1.54, 1.807) is 0 Å². The molecule has 0 aliphatic carbocycles. The molecule has 126 valence electrons. The lowest BCUT2D eigenvalue weighted by atomic mass is 9.87. The first-order valence-electron chi connectivity index (χ1n) is 8.17. The van der Waals surface area contributed by atoms with E-state index in [4.69, 9.17) is 5.73 Å². The number of fused-ring (bicyclic) bond motifs is 1. The Kier molecular flexibility index (Phi) is 5.97. The SMILES string of the molecule is CCCCCC(N)(CCC[C@@H]1SC[C@@H]2NC(=O)N[C@@H]21)C(=O)O. The van der Waals surface area contributed by atoms with Gasteiger partial charge in [0.05, 0.1) is 12.1 Å². The Morgan fingerprint density at radius 2 is 2.09 bits per heavy atom. The molecule has 0 saturated carbocycles. The van der Waals surface area contributed by atoms with E-state index in [0.29, 0.717) is 18.1 Å². The van der Waals surface area contributed by atoms with E-state index in [9.17, 15) is 14.7 Å². The number of nitrogens with one attached hydrogen (secondary N) is 2. The number of thioether (sulfide) groups is 1. The second-order valence-corrected chi connectivity index (χ2v) is 7.70. The van der Waals surface area contributed by atoms with Crippen LogP contribution in [-0.2, 0) is 4.79 Å². The van der Waals surface area contributed by atoms with Crippen molar-refractivity contribution in [2.75, 3.05) is 5.75 Å². The van der Waals surface area contributed by atoms with Gasteiger partial charge in [-0.15, -0.1) is 0 Å². The fraction of sp³-hybridized carbons (Fsp3) is 0.867. The summed E-state index contributed by atoms with van der Waals surface area (Å²) in [5.41, 5.74) is 5.00. The van der Waals surface area contributed by atoms with Crippen LogP contribution in [0.3, 0.4) is 0 Å². The Morgan fingerprint density at radius 3 is 2.77 bits per heavy atom. The van der Waals surface area contributed by atoms with E-state index in [0.717, 1.165) is 37.9 Å². The fourth-order valence-corrected chi connectivity index (χ4v) is 4.83. The second-order valence-electron chi connectivity index (χ2n) is 6.43. The molecule has 22 heavy (non-hydrogen) atoms. The van der Waals surface area contributed by atoms with Gasteiger partial charge in [-0.05, 0) is 25.7 Å². The van der Waals surface area contributed by atoms with Crippen LogP contribution >= 0.6 is 11.8 Å². The summed E-state index contributed by atoms with van der Waals surface area (Å²) in [4.78, 5) is 22.8. The van der Waals surface area contributed by atoms with Crippen LogP contribution in [0.2, 0.25) is 0 Å². The number of carbonyl (C=O) groups excluding carboxylic acids is 1. The summed E-state index contributed by atoms with van der Waals surface area (Å²) in [5.74, 6) is 0.0356. The molecule has 0 spiro atoms. The zero-order valence-electron chi connectivity index (χ0n) is 13.1. The highest BCUT2D eigenvalue weighted by Crippen LogP contribution is 2.34. The number of urea groups is 1. The van der Waals surface area contributed by atoms with Gasteiger partial charge in [-0.1, -0.05) is 26.2 Å². The fourth-order valence-electron chi connectivity index (χ4n) is 3.29. The maximum absolute atomic E-state index is 11.5. The lowest BCUT2D eigenvalue weighted by molar-refractivity contribution is -0.144. The van der Waals surface area contributed by atoms with E-state index < -0.39 is 11.5 Å². The van der Waals surface area contributed by atoms with Crippen molar-refractivity contribution in [1.29, 1.82) is 0 Å². The van der Waals surface area contributed by atoms with Gasteiger partial charge in [0.2, 0.25) is 0 Å². The van der Waals surface area contributed by atoms with Crippen LogP contribution in [0.1, 0.15) is 51.9 Å². The van der Waals surface area contributed by atoms with Gasteiger partial charge in [0.1, 0.15) is 5.54 Å². The number of carbonyl (C=O) groups is 2. The number of unbranched alkanes of at least 4 members (excludes halogenated alkanes) is 2. The third-order valence-electron chi connectivity index (χ3n) is 4.70. The Labute approximate surface area is 136 Å². The number of hydrogen-bond donors (Lipinski definition) is 4. The minimum absolute atomic E-state index is 0.0847. The molecule has 6 nitrogen and oxygen atoms in total. The minimum atomic E-state index is -1.10. The normalized spacial score (nSPS) is 29.5. The Hall–Kier alpha value is -0.950. The number of nitrogens with two attached hydrogens (primary N) is 1. The summed E-state index contributed by atoms with van der Waals surface area (Å²) in [7, 11) is 0. The first-order chi connectivity index (χ1) is 10.5. The van der Waals surface area contributed by atoms with Crippen molar-refractivity contribution in [1.82, 2.24) is 10.6 Å². The van der Waals surface area contributed by atoms with Gasteiger partial charge in [-0.25, -0.2) is 4.79 Å². The van der Waals surface area contributed by atoms with Crippen molar-refractivity contribution in [3.05, 3.63) is 0 Å². The van der Waals surface area contributed by atoms with Crippen LogP contribution in [0.5, 0.6) is 0 Å². The lowest BCUT2D eigenvalue weighted by Crippen LogP contribution is -2.48. The van der Waals surface area contributed by atoms with Gasteiger partial charge in [0.25, 0.3) is 0 Å². The third-order valence-corrected chi connectivity index (χ3v) is 6.21. The molecule has 2 heterocycles. The summed E-state index contributed by atoms with van der Waals surface area (Å²) >= 11 is 1.85. The molecule has 2 aliphatic heterocycles. The van der Waals surface area contributed by atoms with Gasteiger partial charge in [0.15, 0.2) is 0 Å². The van der Waals surface area contributed by atoms with E-state index in [2.05, 4.69) is 17.6 Å². The minimum Gasteiger partial charge on any atom is -0.480 e. The predicted octanol–water partition coefficient (Wildman–Crippen LogP) is 1.68. The molecule has 0 aromatic rings. The molecule has 4 atom stereocenters. The van der Waals surface area contributed by atoms with Crippen molar-refractivity contribution >= 4 is 23.8 Å². The molecule has 2 fully saturated rings. The largest absolute Gasteiger partial charge is 0.480 e. The average Bonchev–Trinajstić information content (AvgIpc) is 2.99. The molecule has 2 amide bonds. The Morgan fingerprint density at radius 1 is 1.36 bits per heavy atom. The summed E-state index contributed by atoms with van der Waals surface area (Å²) < 4.78 is 0. The Bertz CT molecular complexity index is 421. The molecule has 2 saturated heterocycles. The molecule has 0 aromatic heterocycles. The maximum atomic E-state index is 11.5. The number of hydrogen-bond acceptors (Lipinski definition) is 4. The molecule has 2 rings (SSSR count). The number of rotatable bonds is 9. The van der Waals surface area contributed by atoms with Crippen molar-refractivity contribution < 1.29 is 14.7 Å². The molecular weight excluding hydrogens is 302 g/mol. The van der Waals surface area contributed by atoms with E-state index >= 15 is 0 Å². The van der Waals surface area contributed by atoms with Gasteiger partial charge in [-0.3, -0.25) is 4.79 Å². The number of amides is 2. The molecule has 0 bridgehead atoms. The molecule has 1 unspecified atom stereocenters. The highest BCUT2D eigenvalue weighted by Gasteiger charge is 2.43. The number of carboxylic acids is 1. The van der Waals surface area contributed by atoms with E-state index in [-0.39, 0.29) is 18.1 Å². The van der Waals surface area contributed by atoms with Crippen molar-refractivity contribution in [2.24, 2.45) is 5.73 Å². The smallest absolute Gasteiger partial charge is 0.323 e. The van der Waals surface area contributed by atoms with Crippen LogP contribution < -0.4 is 16.4 Å². The summed E-state index contributed by atoms with van der Waals surface area (Å²) in [6.45, 7) is 2.09. The van der Waals surface area contributed by atoms with Crippen molar-refractivity contribution in [3.63, 3.8) is 0 Å². The first-order valence-corrected chi connectivity index (χ1v) is 9.22. The highest BCUT2D eigenvalue weighted by molar-refractivity contribution is 8.00. The molecule has 0 aromatic carbocycles. The zero-order valence-corrected chi connectivity index (χ0v) is 14.0. The topological polar surface area (TPSA) is 104 Å². The van der Waals surface area contributed by atoms with Crippen molar-refractivity contribution in [2.45, 2.75) is 74.7 Å². The van der Waals surface area contributed by atoms with Crippen molar-refractivity contribution in [3.8, 4) is 0 Å². The molecule has 7 heteroatoms. The average molecular weight is 329 g/mol. The van der Waals surface area contributed by atoms with E-state index in [1.807, 2.05) is 11.8 Å². The second kappa shape index (κ2) is 7.55. The molecular formula is C15H27N3O3S. The summed E-state index contributed by atoms with van der Waals surface area (Å²) in [5, 5.41) is 15.6. The zero-order chi connectivity index (χ0) is 16.2. The van der Waals surface area contributed by atoms with Gasteiger partial charge < -0.3 is 21.5 Å². The summed E-state index contributed by atoms with van der Waals surface area (Å²) in [6.07, 6.45) is 5.66. The van der Waals surface area contributed by atoms with Gasteiger partial charge >= 0.3 is 12.0 Å². The summed E-state index contributed by atoms with van der Waals surface area (Å²) in [6, 6.07) is 0.308. The van der Waals surface area contributed by atoms with Crippen LogP contribution in [0.4, 0.5) is 4.79 Å². The number of aliphatic carboxylic acids is 1. The first kappa shape index (κ1) is 17.4. The monoisotopic (exact) mass is 329 g/mol. The maximum Gasteiger partial charge on any atom is 0.323 e. The standard InChI is InChI=1S/C15H27N3O3S/c1-2-3-4-7-15(16,13(19)20)8-5-6-11-12-10(9-22-11)17-14(21)18-12/h10-12H,2-9,16H2,1H3,(H,19,20)(H2,17,18,21)/t10-,11-,12-,15?/m0/s1. The highest BCUT2D eigenvalue weighted by atomic mass is 32.2. The molecule has 2 aliphatic rings. The quantitative estimate of drug-likeness (QED) is 0.380. The van der Waals surface area contributed by atoms with Gasteiger partial charge in [-0.2, -0.15) is 11.8 Å². The van der Waals surface area contributed by atoms with Crippen LogP contribution in [0.25, 0.3) is 0 Å². The van der Waals surface area contributed by atoms with Crippen LogP contribution in [-0.4, -0.2) is 45.7 Å². The van der Waals surface area contributed by atoms with Crippen LogP contribution in [0.15, 0.2) is 0 Å². The predicted molar refractivity (Wildman–Crippen MR) is 88.0 cm³/mol.